The van der Waals surface area contributed by atoms with E-state index in [0.717, 1.165) is 16.5 Å². The van der Waals surface area contributed by atoms with Crippen LogP contribution in [0.1, 0.15) is 39.1 Å². The summed E-state index contributed by atoms with van der Waals surface area (Å²) in [6, 6.07) is 16.4. The van der Waals surface area contributed by atoms with E-state index >= 15 is 0 Å². The number of aromatic nitrogens is 1. The van der Waals surface area contributed by atoms with Crippen LogP contribution in [0.5, 0.6) is 0 Å². The van der Waals surface area contributed by atoms with Gasteiger partial charge < -0.3 is 4.74 Å². The van der Waals surface area contributed by atoms with E-state index in [1.807, 2.05) is 30.3 Å². The normalized spacial score (nSPS) is 13.3. The maximum Gasteiger partial charge on any atom is 0.330 e. The molecule has 1 aliphatic rings. The maximum atomic E-state index is 12.3. The molecule has 6 heteroatoms. The summed E-state index contributed by atoms with van der Waals surface area (Å²) >= 11 is 0. The van der Waals surface area contributed by atoms with E-state index in [2.05, 4.69) is 4.98 Å². The molecule has 1 aromatic heterocycles. The lowest BCUT2D eigenvalue weighted by atomic mass is 10.1. The molecule has 3 aromatic rings. The highest BCUT2D eigenvalue weighted by Crippen LogP contribution is 2.22. The number of fused-ring (bicyclic) bond motifs is 2. The first-order valence-electron chi connectivity index (χ1n) is 9.79. The standard InChI is InChI=1S/C24H20N2O4/c27-21(13-12-18-8-5-7-17-9-6-14-25-22(17)18)30-16-4-3-15-26-23(28)19-10-1-2-11-20(19)24(26)29/h1-2,5-14H,3-4,15-16H2/b13-12+. The van der Waals surface area contributed by atoms with Crippen molar-refractivity contribution < 1.29 is 19.1 Å². The number of unbranched alkanes of at least 4 members (excludes halogenated alkanes) is 1. The van der Waals surface area contributed by atoms with E-state index in [1.165, 1.54) is 11.0 Å². The number of imide groups is 1. The Kier molecular flexibility index (Phi) is 5.66. The van der Waals surface area contributed by atoms with Gasteiger partial charge in [-0.25, -0.2) is 4.79 Å². The van der Waals surface area contributed by atoms with Crippen molar-refractivity contribution in [3.63, 3.8) is 0 Å². The molecule has 0 radical (unpaired) electrons. The molecule has 2 amide bonds. The first-order chi connectivity index (χ1) is 14.6. The van der Waals surface area contributed by atoms with Crippen molar-refractivity contribution in [3.8, 4) is 0 Å². The van der Waals surface area contributed by atoms with Crippen LogP contribution in [-0.2, 0) is 9.53 Å². The van der Waals surface area contributed by atoms with Crippen LogP contribution >= 0.6 is 0 Å². The summed E-state index contributed by atoms with van der Waals surface area (Å²) in [5, 5.41) is 1.00. The van der Waals surface area contributed by atoms with E-state index in [9.17, 15) is 14.4 Å². The Hall–Kier alpha value is -3.80. The van der Waals surface area contributed by atoms with Crippen LogP contribution in [0.25, 0.3) is 17.0 Å². The first kappa shape index (κ1) is 19.5. The number of ether oxygens (including phenoxy) is 1. The van der Waals surface area contributed by atoms with Gasteiger partial charge in [-0.2, -0.15) is 0 Å². The summed E-state index contributed by atoms with van der Waals surface area (Å²) in [6.07, 6.45) is 5.91. The average Bonchev–Trinajstić information content (AvgIpc) is 3.02. The number of hydrogen-bond acceptors (Lipinski definition) is 5. The van der Waals surface area contributed by atoms with Crippen LogP contribution < -0.4 is 0 Å². The predicted molar refractivity (Wildman–Crippen MR) is 113 cm³/mol. The van der Waals surface area contributed by atoms with E-state index in [-0.39, 0.29) is 18.4 Å². The molecule has 150 valence electrons. The monoisotopic (exact) mass is 400 g/mol. The van der Waals surface area contributed by atoms with Gasteiger partial charge >= 0.3 is 5.97 Å². The number of carbonyl (C=O) groups excluding carboxylic acids is 3. The van der Waals surface area contributed by atoms with Crippen LogP contribution in [0, 0.1) is 0 Å². The minimum absolute atomic E-state index is 0.222. The van der Waals surface area contributed by atoms with Crippen LogP contribution in [-0.4, -0.2) is 40.8 Å². The van der Waals surface area contributed by atoms with Crippen LogP contribution in [0.4, 0.5) is 0 Å². The third-order valence-electron chi connectivity index (χ3n) is 4.96. The number of pyridine rings is 1. The van der Waals surface area contributed by atoms with Gasteiger partial charge in [0.15, 0.2) is 0 Å². The van der Waals surface area contributed by atoms with Gasteiger partial charge in [-0.15, -0.1) is 0 Å². The number of carbonyl (C=O) groups is 3. The number of nitrogens with zero attached hydrogens (tertiary/aromatic N) is 2. The van der Waals surface area contributed by atoms with Gasteiger partial charge in [0.2, 0.25) is 0 Å². The lowest BCUT2D eigenvalue weighted by Crippen LogP contribution is -2.30. The summed E-state index contributed by atoms with van der Waals surface area (Å²) in [7, 11) is 0. The van der Waals surface area contributed by atoms with Gasteiger partial charge in [0.25, 0.3) is 11.8 Å². The molecule has 4 rings (SSSR count). The zero-order valence-corrected chi connectivity index (χ0v) is 16.3. The predicted octanol–water partition coefficient (Wildman–Crippen LogP) is 3.87. The molecule has 0 fully saturated rings. The number of para-hydroxylation sites is 1. The van der Waals surface area contributed by atoms with Crippen molar-refractivity contribution in [1.29, 1.82) is 0 Å². The Labute approximate surface area is 173 Å². The molecule has 0 N–H and O–H groups in total. The second-order valence-corrected chi connectivity index (χ2v) is 6.94. The van der Waals surface area contributed by atoms with Gasteiger partial charge in [-0.3, -0.25) is 19.5 Å². The molecule has 0 unspecified atom stereocenters. The van der Waals surface area contributed by atoms with Gasteiger partial charge in [-0.05, 0) is 37.1 Å². The molecule has 2 aromatic carbocycles. The SMILES string of the molecule is O=C(/C=C/c1cccc2cccnc12)OCCCCN1C(=O)c2ccccc2C1=O. The third-order valence-corrected chi connectivity index (χ3v) is 4.96. The van der Waals surface area contributed by atoms with Crippen molar-refractivity contribution in [2.45, 2.75) is 12.8 Å². The Morgan fingerprint density at radius 1 is 0.933 bits per heavy atom. The Bertz CT molecular complexity index is 1110. The Morgan fingerprint density at radius 2 is 1.67 bits per heavy atom. The largest absolute Gasteiger partial charge is 0.463 e. The number of benzene rings is 2. The highest BCUT2D eigenvalue weighted by Gasteiger charge is 2.34. The van der Waals surface area contributed by atoms with Gasteiger partial charge in [0, 0.05) is 29.8 Å². The Morgan fingerprint density at radius 3 is 2.43 bits per heavy atom. The molecule has 0 aliphatic carbocycles. The second-order valence-electron chi connectivity index (χ2n) is 6.94. The number of amides is 2. The molecular weight excluding hydrogens is 380 g/mol. The van der Waals surface area contributed by atoms with Crippen molar-refractivity contribution in [2.24, 2.45) is 0 Å². The fourth-order valence-corrected chi connectivity index (χ4v) is 3.46. The van der Waals surface area contributed by atoms with Crippen LogP contribution in [0.15, 0.2) is 66.9 Å². The minimum atomic E-state index is -0.441. The topological polar surface area (TPSA) is 76.6 Å². The van der Waals surface area contributed by atoms with Gasteiger partial charge in [0.1, 0.15) is 0 Å². The molecule has 2 heterocycles. The molecule has 6 nitrogen and oxygen atoms in total. The van der Waals surface area contributed by atoms with E-state index in [4.69, 9.17) is 4.74 Å². The van der Waals surface area contributed by atoms with Gasteiger partial charge in [0.05, 0.1) is 23.3 Å². The molecule has 30 heavy (non-hydrogen) atoms. The highest BCUT2D eigenvalue weighted by molar-refractivity contribution is 6.21. The molecule has 0 saturated carbocycles. The number of esters is 1. The Balaban J connectivity index is 1.23. The quantitative estimate of drug-likeness (QED) is 0.260. The fourth-order valence-electron chi connectivity index (χ4n) is 3.46. The van der Waals surface area contributed by atoms with Crippen molar-refractivity contribution >= 4 is 34.8 Å². The summed E-state index contributed by atoms with van der Waals surface area (Å²) in [4.78, 5) is 42.2. The number of rotatable bonds is 7. The molecule has 0 bridgehead atoms. The highest BCUT2D eigenvalue weighted by atomic mass is 16.5. The lowest BCUT2D eigenvalue weighted by molar-refractivity contribution is -0.137. The van der Waals surface area contributed by atoms with Crippen molar-refractivity contribution in [2.75, 3.05) is 13.2 Å². The maximum absolute atomic E-state index is 12.3. The molecule has 0 spiro atoms. The van der Waals surface area contributed by atoms with Gasteiger partial charge in [-0.1, -0.05) is 36.4 Å². The summed E-state index contributed by atoms with van der Waals surface area (Å²) in [6.45, 7) is 0.529. The van der Waals surface area contributed by atoms with E-state index < -0.39 is 5.97 Å². The molecule has 0 saturated heterocycles. The average molecular weight is 400 g/mol. The fraction of sp³-hybridized carbons (Fsp3) is 0.167. The van der Waals surface area contributed by atoms with Crippen molar-refractivity contribution in [3.05, 3.63) is 83.6 Å². The smallest absolute Gasteiger partial charge is 0.330 e. The molecule has 1 aliphatic heterocycles. The second kappa shape index (κ2) is 8.69. The van der Waals surface area contributed by atoms with Crippen LogP contribution in [0.2, 0.25) is 0 Å². The summed E-state index contributed by atoms with van der Waals surface area (Å²) in [5.41, 5.74) is 2.56. The summed E-state index contributed by atoms with van der Waals surface area (Å²) in [5.74, 6) is -0.970. The van der Waals surface area contributed by atoms with Crippen LogP contribution in [0.3, 0.4) is 0 Å². The minimum Gasteiger partial charge on any atom is -0.463 e. The molecular formula is C24H20N2O4. The summed E-state index contributed by atoms with van der Waals surface area (Å²) < 4.78 is 5.22. The van der Waals surface area contributed by atoms with Crippen molar-refractivity contribution in [1.82, 2.24) is 9.88 Å². The zero-order chi connectivity index (χ0) is 20.9. The number of hydrogen-bond donors (Lipinski definition) is 0. The lowest BCUT2D eigenvalue weighted by Gasteiger charge is -2.13. The van der Waals surface area contributed by atoms with E-state index in [1.54, 1.807) is 36.5 Å². The first-order valence-corrected chi connectivity index (χ1v) is 9.79. The van der Waals surface area contributed by atoms with E-state index in [0.29, 0.717) is 30.5 Å². The third kappa shape index (κ3) is 3.98. The zero-order valence-electron chi connectivity index (χ0n) is 16.3. The molecule has 0 atom stereocenters.